The van der Waals surface area contributed by atoms with Crippen LogP contribution in [-0.2, 0) is 11.2 Å². The van der Waals surface area contributed by atoms with Gasteiger partial charge in [-0.15, -0.1) is 0 Å². The van der Waals surface area contributed by atoms with Crippen LogP contribution in [0.4, 0.5) is 8.78 Å². The molecule has 1 aliphatic carbocycles. The van der Waals surface area contributed by atoms with E-state index in [9.17, 15) is 13.6 Å². The third-order valence-electron chi connectivity index (χ3n) is 3.05. The fraction of sp³-hybridized carbons (Fsp3) is 0.462. The van der Waals surface area contributed by atoms with Crippen LogP contribution in [0.1, 0.15) is 18.4 Å². The molecular weight excluding hydrogens is 238 g/mol. The second kappa shape index (κ2) is 5.44. The molecule has 0 aliphatic heterocycles. The fourth-order valence-corrected chi connectivity index (χ4v) is 1.99. The van der Waals surface area contributed by atoms with Crippen molar-refractivity contribution in [1.29, 1.82) is 0 Å². The van der Waals surface area contributed by atoms with Crippen LogP contribution in [0.25, 0.3) is 0 Å². The Hall–Kier alpha value is -1.49. The van der Waals surface area contributed by atoms with Crippen LogP contribution < -0.4 is 5.73 Å². The van der Waals surface area contributed by atoms with Gasteiger partial charge in [0.1, 0.15) is 0 Å². The number of benzene rings is 1. The first-order chi connectivity index (χ1) is 8.63. The summed E-state index contributed by atoms with van der Waals surface area (Å²) in [5, 5.41) is 0. The van der Waals surface area contributed by atoms with Gasteiger partial charge >= 0.3 is 0 Å². The lowest BCUT2D eigenvalue weighted by Crippen LogP contribution is -2.38. The number of amides is 1. The second-order valence-corrected chi connectivity index (χ2v) is 4.50. The Kier molecular flexibility index (Phi) is 3.91. The molecule has 0 saturated heterocycles. The Labute approximate surface area is 105 Å². The predicted octanol–water partition coefficient (Wildman–Crippen LogP) is 1.46. The lowest BCUT2D eigenvalue weighted by molar-refractivity contribution is -0.131. The van der Waals surface area contributed by atoms with Crippen molar-refractivity contribution in [3.05, 3.63) is 35.4 Å². The average Bonchev–Trinajstić information content (AvgIpc) is 3.16. The molecule has 98 valence electrons. The zero-order chi connectivity index (χ0) is 13.1. The van der Waals surface area contributed by atoms with Crippen molar-refractivity contribution < 1.29 is 13.6 Å². The van der Waals surface area contributed by atoms with Gasteiger partial charge in [-0.25, -0.2) is 8.78 Å². The van der Waals surface area contributed by atoms with E-state index in [4.69, 9.17) is 5.73 Å². The van der Waals surface area contributed by atoms with Crippen LogP contribution in [0.15, 0.2) is 18.2 Å². The summed E-state index contributed by atoms with van der Waals surface area (Å²) in [6, 6.07) is 4.12. The van der Waals surface area contributed by atoms with Crippen molar-refractivity contribution in [1.82, 2.24) is 4.90 Å². The van der Waals surface area contributed by atoms with Gasteiger partial charge < -0.3 is 10.6 Å². The molecule has 0 unspecified atom stereocenters. The molecule has 0 bridgehead atoms. The van der Waals surface area contributed by atoms with Crippen molar-refractivity contribution in [2.45, 2.75) is 25.3 Å². The molecule has 1 aliphatic rings. The van der Waals surface area contributed by atoms with Crippen LogP contribution in [-0.4, -0.2) is 29.9 Å². The summed E-state index contributed by atoms with van der Waals surface area (Å²) in [6.45, 7) is 0.855. The van der Waals surface area contributed by atoms with Gasteiger partial charge in [0.2, 0.25) is 5.91 Å². The van der Waals surface area contributed by atoms with E-state index in [0.29, 0.717) is 13.1 Å². The standard InChI is InChI=1S/C13H16F2N2O/c14-11-3-1-2-9(13(11)15)8-12(18)17(7-6-16)10-4-5-10/h1-3,10H,4-8,16H2. The second-order valence-electron chi connectivity index (χ2n) is 4.50. The summed E-state index contributed by atoms with van der Waals surface area (Å²) >= 11 is 0. The van der Waals surface area contributed by atoms with E-state index < -0.39 is 11.6 Å². The first-order valence-corrected chi connectivity index (χ1v) is 6.06. The molecule has 0 aromatic heterocycles. The molecule has 1 fully saturated rings. The number of nitrogens with two attached hydrogens (primary N) is 1. The summed E-state index contributed by atoms with van der Waals surface area (Å²) in [6.07, 6.45) is 1.83. The number of carbonyl (C=O) groups is 1. The first-order valence-electron chi connectivity index (χ1n) is 6.06. The molecule has 1 aromatic rings. The van der Waals surface area contributed by atoms with Gasteiger partial charge in [0.25, 0.3) is 0 Å². The Morgan fingerprint density at radius 2 is 2.11 bits per heavy atom. The molecule has 3 nitrogen and oxygen atoms in total. The molecule has 0 radical (unpaired) electrons. The Balaban J connectivity index is 2.07. The zero-order valence-electron chi connectivity index (χ0n) is 10.0. The molecule has 1 amide bonds. The van der Waals surface area contributed by atoms with Crippen molar-refractivity contribution in [3.8, 4) is 0 Å². The minimum atomic E-state index is -0.936. The summed E-state index contributed by atoms with van der Waals surface area (Å²) in [4.78, 5) is 13.7. The molecule has 5 heteroatoms. The van der Waals surface area contributed by atoms with E-state index in [-0.39, 0.29) is 23.9 Å². The Bertz CT molecular complexity index is 447. The maximum atomic E-state index is 13.5. The number of hydrogen-bond acceptors (Lipinski definition) is 2. The summed E-state index contributed by atoms with van der Waals surface area (Å²) in [5.74, 6) is -2.04. The fourth-order valence-electron chi connectivity index (χ4n) is 1.99. The van der Waals surface area contributed by atoms with E-state index >= 15 is 0 Å². The van der Waals surface area contributed by atoms with E-state index in [2.05, 4.69) is 0 Å². The van der Waals surface area contributed by atoms with Gasteiger partial charge in [-0.1, -0.05) is 12.1 Å². The zero-order valence-corrected chi connectivity index (χ0v) is 10.0. The highest BCUT2D eigenvalue weighted by molar-refractivity contribution is 5.79. The van der Waals surface area contributed by atoms with Crippen LogP contribution in [0.5, 0.6) is 0 Å². The summed E-state index contributed by atoms with van der Waals surface area (Å²) in [7, 11) is 0. The number of carbonyl (C=O) groups excluding carboxylic acids is 1. The minimum absolute atomic E-state index is 0.0997. The number of hydrogen-bond donors (Lipinski definition) is 1. The van der Waals surface area contributed by atoms with Gasteiger partial charge in [-0.3, -0.25) is 4.79 Å². The van der Waals surface area contributed by atoms with Gasteiger partial charge in [0, 0.05) is 24.7 Å². The molecule has 2 rings (SSSR count). The quantitative estimate of drug-likeness (QED) is 0.864. The molecule has 0 heterocycles. The lowest BCUT2D eigenvalue weighted by atomic mass is 10.1. The van der Waals surface area contributed by atoms with Gasteiger partial charge in [-0.2, -0.15) is 0 Å². The average molecular weight is 254 g/mol. The summed E-state index contributed by atoms with van der Waals surface area (Å²) < 4.78 is 26.5. The molecule has 1 saturated carbocycles. The van der Waals surface area contributed by atoms with Crippen LogP contribution >= 0.6 is 0 Å². The molecule has 1 aromatic carbocycles. The molecular formula is C13H16F2N2O. The van der Waals surface area contributed by atoms with Crippen LogP contribution in [0, 0.1) is 11.6 Å². The smallest absolute Gasteiger partial charge is 0.227 e. The van der Waals surface area contributed by atoms with Crippen LogP contribution in [0.3, 0.4) is 0 Å². The lowest BCUT2D eigenvalue weighted by Gasteiger charge is -2.21. The highest BCUT2D eigenvalue weighted by Gasteiger charge is 2.32. The maximum Gasteiger partial charge on any atom is 0.227 e. The summed E-state index contributed by atoms with van der Waals surface area (Å²) in [5.41, 5.74) is 5.55. The minimum Gasteiger partial charge on any atom is -0.338 e. The van der Waals surface area contributed by atoms with Gasteiger partial charge in [0.15, 0.2) is 11.6 Å². The third-order valence-corrected chi connectivity index (χ3v) is 3.05. The van der Waals surface area contributed by atoms with Gasteiger partial charge in [0.05, 0.1) is 6.42 Å². The van der Waals surface area contributed by atoms with Crippen LogP contribution in [0.2, 0.25) is 0 Å². The van der Waals surface area contributed by atoms with E-state index in [0.717, 1.165) is 18.9 Å². The van der Waals surface area contributed by atoms with Gasteiger partial charge in [-0.05, 0) is 18.9 Å². The first kappa shape index (κ1) is 13.0. The molecule has 2 N–H and O–H groups in total. The van der Waals surface area contributed by atoms with E-state index in [1.165, 1.54) is 12.1 Å². The van der Waals surface area contributed by atoms with Crippen molar-refractivity contribution in [2.75, 3.05) is 13.1 Å². The van der Waals surface area contributed by atoms with E-state index in [1.54, 1.807) is 4.90 Å². The predicted molar refractivity (Wildman–Crippen MR) is 63.9 cm³/mol. The highest BCUT2D eigenvalue weighted by atomic mass is 19.2. The SMILES string of the molecule is NCCN(C(=O)Cc1cccc(F)c1F)C1CC1. The van der Waals surface area contributed by atoms with Crippen molar-refractivity contribution in [3.63, 3.8) is 0 Å². The topological polar surface area (TPSA) is 46.3 Å². The van der Waals surface area contributed by atoms with E-state index in [1.807, 2.05) is 0 Å². The molecule has 0 spiro atoms. The highest BCUT2D eigenvalue weighted by Crippen LogP contribution is 2.27. The number of halogens is 2. The number of rotatable bonds is 5. The van der Waals surface area contributed by atoms with Crippen molar-refractivity contribution >= 4 is 5.91 Å². The molecule has 18 heavy (non-hydrogen) atoms. The Morgan fingerprint density at radius 1 is 1.39 bits per heavy atom. The normalized spacial score (nSPS) is 14.6. The molecule has 0 atom stereocenters. The monoisotopic (exact) mass is 254 g/mol. The third kappa shape index (κ3) is 2.85. The Morgan fingerprint density at radius 3 is 2.72 bits per heavy atom. The maximum absolute atomic E-state index is 13.5. The number of nitrogens with zero attached hydrogens (tertiary/aromatic N) is 1. The largest absolute Gasteiger partial charge is 0.338 e. The van der Waals surface area contributed by atoms with Crippen molar-refractivity contribution in [2.24, 2.45) is 5.73 Å².